The number of carboxylic acids is 1. The minimum Gasteiger partial charge on any atom is -0.477 e. The lowest BCUT2D eigenvalue weighted by Gasteiger charge is -2.41. The van der Waals surface area contributed by atoms with E-state index in [-0.39, 0.29) is 34.7 Å². The van der Waals surface area contributed by atoms with E-state index in [1.54, 1.807) is 18.2 Å². The fraction of sp³-hybridized carbons (Fsp3) is 0.462. The highest BCUT2D eigenvalue weighted by atomic mass is 32.2. The maximum absolute atomic E-state index is 14.3. The number of nitrogens with zero attached hydrogens (tertiary/aromatic N) is 1. The smallest absolute Gasteiger partial charge is 0.364 e. The number of hydrogen-bond donors (Lipinski definition) is 2. The maximum atomic E-state index is 14.3. The quantitative estimate of drug-likeness (QED) is 0.184. The third-order valence-electron chi connectivity index (χ3n) is 5.98. The number of quaternary nitrogens is 1. The molecule has 0 aliphatic heterocycles. The molecule has 1 aromatic carbocycles. The van der Waals surface area contributed by atoms with Gasteiger partial charge in [0.25, 0.3) is 0 Å². The van der Waals surface area contributed by atoms with Gasteiger partial charge in [-0.15, -0.1) is 0 Å². The maximum Gasteiger partial charge on any atom is 0.364 e. The summed E-state index contributed by atoms with van der Waals surface area (Å²) in [7, 11) is -4.21. The van der Waals surface area contributed by atoms with E-state index in [2.05, 4.69) is 0 Å². The molecule has 1 aromatic rings. The molecule has 8 heteroatoms. The average molecular weight is 506 g/mol. The minimum atomic E-state index is -4.21. The highest BCUT2D eigenvalue weighted by molar-refractivity contribution is 7.88. The number of sulfonamides is 1. The van der Waals surface area contributed by atoms with E-state index in [0.29, 0.717) is 19.4 Å². The zero-order valence-electron chi connectivity index (χ0n) is 20.3. The summed E-state index contributed by atoms with van der Waals surface area (Å²) in [6.07, 6.45) is 13.5. The number of rotatable bonds is 12. The molecule has 0 aromatic heterocycles. The first-order valence-corrected chi connectivity index (χ1v) is 13.6. The zero-order chi connectivity index (χ0) is 25.4. The number of unbranched alkanes of at least 4 members (excludes halogenated alkanes) is 1. The summed E-state index contributed by atoms with van der Waals surface area (Å²) < 4.78 is 27.8. The van der Waals surface area contributed by atoms with Crippen LogP contribution in [0, 0.1) is 18.8 Å². The van der Waals surface area contributed by atoms with Gasteiger partial charge in [0.2, 0.25) is 11.0 Å². The summed E-state index contributed by atoms with van der Waals surface area (Å²) in [5.41, 5.74) is 6.56. The SMILES string of the molecule is Cc1ccc(S(=O)(=O)[N+](CC(C)C)(C(=S)C=CC2C=CC=CC2)C(CCCCN)C(=O)O)cc1. The van der Waals surface area contributed by atoms with Gasteiger partial charge in [-0.3, -0.25) is 0 Å². The summed E-state index contributed by atoms with van der Waals surface area (Å²) in [4.78, 5) is 12.8. The first kappa shape index (κ1) is 28.1. The number of aliphatic carboxylic acids is 1. The third kappa shape index (κ3) is 6.50. The molecule has 6 nitrogen and oxygen atoms in total. The fourth-order valence-corrected chi connectivity index (χ4v) is 7.02. The number of benzene rings is 1. The van der Waals surface area contributed by atoms with Crippen LogP contribution in [0.2, 0.25) is 0 Å². The second-order valence-corrected chi connectivity index (χ2v) is 11.7. The van der Waals surface area contributed by atoms with Gasteiger partial charge in [-0.2, -0.15) is 12.3 Å². The summed E-state index contributed by atoms with van der Waals surface area (Å²) in [6.45, 7) is 6.11. The fourth-order valence-electron chi connectivity index (χ4n) is 4.26. The molecule has 0 radical (unpaired) electrons. The average Bonchev–Trinajstić information content (AvgIpc) is 2.79. The lowest BCUT2D eigenvalue weighted by Crippen LogP contribution is -2.65. The first-order valence-electron chi connectivity index (χ1n) is 11.7. The van der Waals surface area contributed by atoms with E-state index in [4.69, 9.17) is 18.0 Å². The van der Waals surface area contributed by atoms with Crippen LogP contribution in [0.4, 0.5) is 0 Å². The van der Waals surface area contributed by atoms with Gasteiger partial charge in [0, 0.05) is 18.4 Å². The Morgan fingerprint density at radius 2 is 1.91 bits per heavy atom. The molecule has 0 heterocycles. The normalized spacial score (nSPS) is 18.8. The first-order chi connectivity index (χ1) is 16.1. The van der Waals surface area contributed by atoms with Crippen molar-refractivity contribution in [2.24, 2.45) is 17.6 Å². The Balaban J connectivity index is 2.71. The van der Waals surface area contributed by atoms with Crippen LogP contribution in [-0.4, -0.2) is 47.5 Å². The Hall–Kier alpha value is -2.13. The lowest BCUT2D eigenvalue weighted by molar-refractivity contribution is -0.732. The number of nitrogens with two attached hydrogens (primary N) is 1. The minimum absolute atomic E-state index is 0.0549. The molecule has 0 spiro atoms. The van der Waals surface area contributed by atoms with Gasteiger partial charge in [-0.05, 0) is 63.0 Å². The van der Waals surface area contributed by atoms with Crippen molar-refractivity contribution < 1.29 is 22.2 Å². The zero-order valence-corrected chi connectivity index (χ0v) is 21.9. The summed E-state index contributed by atoms with van der Waals surface area (Å²) >= 11 is 5.80. The van der Waals surface area contributed by atoms with Crippen molar-refractivity contribution in [2.75, 3.05) is 13.1 Å². The largest absolute Gasteiger partial charge is 0.477 e. The summed E-state index contributed by atoms with van der Waals surface area (Å²) in [5.74, 6) is -1.23. The second kappa shape index (κ2) is 12.5. The molecule has 3 unspecified atom stereocenters. The molecule has 186 valence electrons. The van der Waals surface area contributed by atoms with Gasteiger partial charge in [-0.1, -0.05) is 61.9 Å². The van der Waals surface area contributed by atoms with Gasteiger partial charge >= 0.3 is 16.0 Å². The van der Waals surface area contributed by atoms with Crippen molar-refractivity contribution in [3.05, 3.63) is 66.3 Å². The summed E-state index contributed by atoms with van der Waals surface area (Å²) in [5, 5.41) is 10.3. The van der Waals surface area contributed by atoms with E-state index < -0.39 is 25.9 Å². The van der Waals surface area contributed by atoms with Crippen molar-refractivity contribution in [1.82, 2.24) is 0 Å². The monoisotopic (exact) mass is 505 g/mol. The van der Waals surface area contributed by atoms with Crippen LogP contribution in [0.25, 0.3) is 0 Å². The van der Waals surface area contributed by atoms with Crippen molar-refractivity contribution in [3.8, 4) is 0 Å². The number of allylic oxidation sites excluding steroid dienone is 5. The van der Waals surface area contributed by atoms with Crippen molar-refractivity contribution >= 4 is 33.2 Å². The number of aryl methyl sites for hydroxylation is 1. The standard InChI is InChI=1S/C26H36N2O4S2/c1-20(2)19-28(24(26(29)30)11-7-8-18-27,25(33)17-14-22-9-5-4-6-10-22)34(31,32)23-15-12-21(3)13-16-23/h4-6,9,12-17,20,22,24H,7-8,10-11,18-19,27H2,1-3H3/p+1. The molecule has 0 saturated heterocycles. The Labute approximate surface area is 209 Å². The van der Waals surface area contributed by atoms with Gasteiger partial charge in [0.05, 0.1) is 0 Å². The third-order valence-corrected chi connectivity index (χ3v) is 8.88. The topological polar surface area (TPSA) is 97.5 Å². The summed E-state index contributed by atoms with van der Waals surface area (Å²) in [6, 6.07) is 5.27. The molecule has 0 fully saturated rings. The molecular weight excluding hydrogens is 468 g/mol. The van der Waals surface area contributed by atoms with Gasteiger partial charge in [0.15, 0.2) is 0 Å². The molecule has 3 atom stereocenters. The van der Waals surface area contributed by atoms with Crippen molar-refractivity contribution in [3.63, 3.8) is 0 Å². The molecular formula is C26H37N2O4S2+. The van der Waals surface area contributed by atoms with E-state index in [0.717, 1.165) is 12.0 Å². The molecule has 0 bridgehead atoms. The molecule has 1 aliphatic rings. The predicted molar refractivity (Wildman–Crippen MR) is 141 cm³/mol. The molecule has 2 rings (SSSR count). The van der Waals surface area contributed by atoms with E-state index in [1.165, 1.54) is 12.1 Å². The molecule has 0 saturated carbocycles. The van der Waals surface area contributed by atoms with Crippen LogP contribution >= 0.6 is 12.2 Å². The predicted octanol–water partition coefficient (Wildman–Crippen LogP) is 4.75. The highest BCUT2D eigenvalue weighted by Crippen LogP contribution is 2.34. The lowest BCUT2D eigenvalue weighted by atomic mass is 10.00. The van der Waals surface area contributed by atoms with E-state index >= 15 is 0 Å². The van der Waals surface area contributed by atoms with Gasteiger partial charge < -0.3 is 10.8 Å². The van der Waals surface area contributed by atoms with E-state index in [9.17, 15) is 18.3 Å². The number of thiocarbonyl (C=S) groups is 1. The van der Waals surface area contributed by atoms with Crippen LogP contribution in [-0.2, 0) is 14.8 Å². The molecule has 3 N–H and O–H groups in total. The Morgan fingerprint density at radius 3 is 2.44 bits per heavy atom. The van der Waals surface area contributed by atoms with Crippen LogP contribution in [0.3, 0.4) is 0 Å². The Kier molecular flexibility index (Phi) is 10.4. The van der Waals surface area contributed by atoms with Gasteiger partial charge in [0.1, 0.15) is 11.4 Å². The van der Waals surface area contributed by atoms with Crippen LogP contribution in [0.15, 0.2) is 65.6 Å². The van der Waals surface area contributed by atoms with Gasteiger partial charge in [-0.25, -0.2) is 4.79 Å². The second-order valence-electron chi connectivity index (χ2n) is 9.21. The van der Waals surface area contributed by atoms with E-state index in [1.807, 2.05) is 51.2 Å². The molecule has 0 amide bonds. The number of carbonyl (C=O) groups is 1. The van der Waals surface area contributed by atoms with Crippen LogP contribution in [0.5, 0.6) is 0 Å². The van der Waals surface area contributed by atoms with Crippen molar-refractivity contribution in [2.45, 2.75) is 57.4 Å². The number of carboxylic acid groups (broad SMARTS) is 1. The number of hydrogen-bond acceptors (Lipinski definition) is 5. The van der Waals surface area contributed by atoms with Crippen molar-refractivity contribution in [1.29, 1.82) is 0 Å². The van der Waals surface area contributed by atoms with Crippen LogP contribution < -0.4 is 5.73 Å². The Morgan fingerprint density at radius 1 is 1.24 bits per heavy atom. The Bertz CT molecular complexity index is 1040. The highest BCUT2D eigenvalue weighted by Gasteiger charge is 2.55. The molecule has 34 heavy (non-hydrogen) atoms. The van der Waals surface area contributed by atoms with Crippen LogP contribution in [0.1, 0.15) is 45.1 Å². The molecule has 1 aliphatic carbocycles.